The fourth-order valence-corrected chi connectivity index (χ4v) is 13.0. The van der Waals surface area contributed by atoms with Gasteiger partial charge in [-0.3, -0.25) is 43.2 Å². The number of aromatic nitrogens is 8. The van der Waals surface area contributed by atoms with Crippen LogP contribution in [0.5, 0.6) is 0 Å². The van der Waals surface area contributed by atoms with E-state index < -0.39 is 74.5 Å². The number of H-pyrrole nitrogens is 3. The van der Waals surface area contributed by atoms with Crippen molar-refractivity contribution >= 4 is 75.2 Å². The largest absolute Gasteiger partial charge is 0.379 e. The molecular formula is C73H73F3N12O12. The highest BCUT2D eigenvalue weighted by molar-refractivity contribution is 6.46. The summed E-state index contributed by atoms with van der Waals surface area (Å²) in [4.78, 5) is 138. The van der Waals surface area contributed by atoms with Gasteiger partial charge in [0.25, 0.3) is 17.7 Å². The second-order valence-corrected chi connectivity index (χ2v) is 25.7. The molecule has 24 nitrogen and oxygen atoms in total. The molecule has 9 heterocycles. The minimum absolute atomic E-state index is 0.0157. The average molecular weight is 1370 g/mol. The van der Waals surface area contributed by atoms with Crippen LogP contribution in [0.15, 0.2) is 98.1 Å². The molecule has 3 aliphatic heterocycles. The van der Waals surface area contributed by atoms with E-state index in [1.54, 1.807) is 109 Å². The Balaban J connectivity index is 0.000000162. The maximum Gasteiger partial charge on any atom is 0.272 e. The van der Waals surface area contributed by atoms with E-state index in [1.165, 1.54) is 61.2 Å². The van der Waals surface area contributed by atoms with Gasteiger partial charge < -0.3 is 58.8 Å². The zero-order valence-electron chi connectivity index (χ0n) is 56.8. The molecule has 0 saturated carbocycles. The molecule has 9 aromatic rings. The van der Waals surface area contributed by atoms with Crippen molar-refractivity contribution in [3.63, 3.8) is 0 Å². The van der Waals surface area contributed by atoms with E-state index in [4.69, 9.17) is 20.8 Å². The summed E-state index contributed by atoms with van der Waals surface area (Å²) in [5.74, 6) is -6.41. The maximum atomic E-state index is 13.6. The first-order valence-corrected chi connectivity index (χ1v) is 31.6. The molecule has 3 saturated heterocycles. The number of ether oxygens (including phenoxy) is 3. The van der Waals surface area contributed by atoms with Crippen LogP contribution in [-0.2, 0) is 66.0 Å². The molecule has 3 aliphatic rings. The first kappa shape index (κ1) is 71.6. The molecule has 100 heavy (non-hydrogen) atoms. The van der Waals surface area contributed by atoms with Crippen molar-refractivity contribution in [2.45, 2.75) is 90.9 Å². The third kappa shape index (κ3) is 13.7. The summed E-state index contributed by atoms with van der Waals surface area (Å²) >= 11 is 0. The highest BCUT2D eigenvalue weighted by atomic mass is 19.1. The summed E-state index contributed by atoms with van der Waals surface area (Å²) in [5.41, 5.74) is 6.55. The van der Waals surface area contributed by atoms with Crippen LogP contribution in [0.25, 0.3) is 4.85 Å². The lowest BCUT2D eigenvalue weighted by Crippen LogP contribution is -2.49. The van der Waals surface area contributed by atoms with E-state index in [2.05, 4.69) is 45.7 Å². The fraction of sp³-hybridized carbons (Fsp3) is 0.315. The number of benzene rings is 3. The van der Waals surface area contributed by atoms with E-state index in [1.807, 2.05) is 12.3 Å². The number of hydrogen-bond donors (Lipinski definition) is 6. The second-order valence-electron chi connectivity index (χ2n) is 25.7. The van der Waals surface area contributed by atoms with Crippen LogP contribution in [0.1, 0.15) is 144 Å². The van der Waals surface area contributed by atoms with E-state index >= 15 is 0 Å². The Bertz CT molecular complexity index is 4610. The Labute approximate surface area is 572 Å². The van der Waals surface area contributed by atoms with Gasteiger partial charge in [-0.1, -0.05) is 0 Å². The third-order valence-electron chi connectivity index (χ3n) is 19.2. The maximum absolute atomic E-state index is 13.6. The number of imidazole rings is 2. The highest BCUT2D eigenvalue weighted by Crippen LogP contribution is 2.40. The Morgan fingerprint density at radius 3 is 1.13 bits per heavy atom. The fourth-order valence-electron chi connectivity index (χ4n) is 13.0. The summed E-state index contributed by atoms with van der Waals surface area (Å²) in [6.45, 7) is 22.2. The molecule has 3 fully saturated rings. The van der Waals surface area contributed by atoms with Crippen molar-refractivity contribution in [1.29, 1.82) is 0 Å². The molecular weight excluding hydrogens is 1290 g/mol. The number of aromatic amines is 3. The lowest BCUT2D eigenvalue weighted by molar-refractivity contribution is -0.124. The molecule has 0 radical (unpaired) electrons. The van der Waals surface area contributed by atoms with Crippen LogP contribution in [-0.4, -0.2) is 131 Å². The lowest BCUT2D eigenvalue weighted by atomic mass is 9.75. The number of nitrogens with zero attached hydrogens (tertiary/aromatic N) is 6. The predicted molar refractivity (Wildman–Crippen MR) is 361 cm³/mol. The second kappa shape index (κ2) is 28.7. The molecule has 0 aliphatic carbocycles. The topological polar surface area (TPSA) is 310 Å². The van der Waals surface area contributed by atoms with E-state index in [9.17, 15) is 56.3 Å². The molecule has 27 heteroatoms. The lowest BCUT2D eigenvalue weighted by Gasteiger charge is -2.40. The third-order valence-corrected chi connectivity index (χ3v) is 19.2. The molecule has 6 aromatic heterocycles. The molecule has 0 unspecified atom stereocenters. The molecule has 3 aromatic carbocycles. The molecule has 3 amide bonds. The molecule has 6 N–H and O–H groups in total. The summed E-state index contributed by atoms with van der Waals surface area (Å²) < 4.78 is 61.5. The molecule has 0 atom stereocenters. The van der Waals surface area contributed by atoms with Gasteiger partial charge in [-0.05, 0) is 149 Å². The number of nitrogens with one attached hydrogen (secondary N) is 6. The Kier molecular flexibility index (Phi) is 20.5. The van der Waals surface area contributed by atoms with Gasteiger partial charge in [-0.25, -0.2) is 28.0 Å². The van der Waals surface area contributed by atoms with Crippen LogP contribution in [0.4, 0.5) is 35.9 Å². The van der Waals surface area contributed by atoms with Gasteiger partial charge in [0, 0.05) is 111 Å². The zero-order chi connectivity index (χ0) is 72.4. The van der Waals surface area contributed by atoms with Gasteiger partial charge in [0.1, 0.15) is 34.5 Å². The van der Waals surface area contributed by atoms with Crippen LogP contribution in [0.3, 0.4) is 0 Å². The first-order valence-electron chi connectivity index (χ1n) is 31.6. The van der Waals surface area contributed by atoms with Gasteiger partial charge in [-0.2, -0.15) is 0 Å². The summed E-state index contributed by atoms with van der Waals surface area (Å²) in [6, 6.07) is 14.1. The minimum Gasteiger partial charge on any atom is -0.379 e. The number of carbonyl (C=O) groups is 9. The van der Waals surface area contributed by atoms with Crippen molar-refractivity contribution in [2.75, 3.05) is 55.6 Å². The summed E-state index contributed by atoms with van der Waals surface area (Å²) in [5, 5.41) is 8.12. The smallest absolute Gasteiger partial charge is 0.272 e. The van der Waals surface area contributed by atoms with Crippen molar-refractivity contribution in [2.24, 2.45) is 21.1 Å². The van der Waals surface area contributed by atoms with Crippen molar-refractivity contribution in [3.05, 3.63) is 223 Å². The van der Waals surface area contributed by atoms with Gasteiger partial charge in [-0.15, -0.1) is 0 Å². The van der Waals surface area contributed by atoms with E-state index in [0.717, 1.165) is 23.0 Å². The van der Waals surface area contributed by atoms with E-state index in [0.29, 0.717) is 95.9 Å². The summed E-state index contributed by atoms with van der Waals surface area (Å²) in [6.07, 6.45) is 9.88. The zero-order valence-corrected chi connectivity index (χ0v) is 56.8. The van der Waals surface area contributed by atoms with Crippen LogP contribution in [0.2, 0.25) is 0 Å². The molecule has 518 valence electrons. The van der Waals surface area contributed by atoms with Gasteiger partial charge in [0.2, 0.25) is 40.4 Å². The number of hydrogen-bond acceptors (Lipinski definition) is 14. The van der Waals surface area contributed by atoms with Crippen molar-refractivity contribution in [1.82, 2.24) is 38.6 Å². The van der Waals surface area contributed by atoms with Crippen LogP contribution < -0.4 is 16.0 Å². The predicted octanol–water partition coefficient (Wildman–Crippen LogP) is 10.4. The number of aryl methyl sites for hydroxylation is 2. The van der Waals surface area contributed by atoms with Crippen LogP contribution in [0, 0.1) is 79.4 Å². The SMILES string of the molecule is Cc1cc(NC(=O)c2c(C)c(C(=O)C(=O)CC3(c4cc[nH]c4)COC3)c(C)n2C)ccc1F.Cc1cc(NC(=O)c2c(C)c(C(=O)C(=O)CC3(c4cnc[nH]4)COC3)c(C)n2C)ccc1F.[C-]#[N+]c1cc(NC(=O)c2c(C)c(C(=O)C(=O)CC3(c4cnc[nH]4)COC3)c(C)n2C)ccc1F. The molecule has 0 bridgehead atoms. The van der Waals surface area contributed by atoms with Crippen molar-refractivity contribution < 1.29 is 70.5 Å². The highest BCUT2D eigenvalue weighted by Gasteiger charge is 2.48. The Morgan fingerprint density at radius 2 is 0.840 bits per heavy atom. The van der Waals surface area contributed by atoms with Gasteiger partial charge in [0.15, 0.2) is 0 Å². The van der Waals surface area contributed by atoms with Gasteiger partial charge in [0.05, 0.1) is 91.8 Å². The normalized spacial score (nSPS) is 14.4. The number of carbonyl (C=O) groups excluding carboxylic acids is 9. The Morgan fingerprint density at radius 1 is 0.500 bits per heavy atom. The number of ketones is 6. The Hall–Kier alpha value is -11.2. The number of halogens is 3. The number of rotatable bonds is 21. The molecule has 12 rings (SSSR count). The quantitative estimate of drug-likeness (QED) is 0.0221. The summed E-state index contributed by atoms with van der Waals surface area (Å²) in [7, 11) is 4.97. The van der Waals surface area contributed by atoms with Crippen molar-refractivity contribution in [3.8, 4) is 0 Å². The number of amides is 3. The van der Waals surface area contributed by atoms with Crippen LogP contribution >= 0.6 is 0 Å². The first-order chi connectivity index (χ1) is 47.5. The van der Waals surface area contributed by atoms with Gasteiger partial charge >= 0.3 is 0 Å². The number of anilines is 3. The molecule has 0 spiro atoms. The number of Topliss-reactive ketones (excluding diaryl/α,β-unsaturated/α-hetero) is 6. The average Bonchev–Trinajstić information content (AvgIpc) is 1.40. The minimum atomic E-state index is -0.685. The monoisotopic (exact) mass is 1370 g/mol. The standard InChI is InChI=1S/C25H26FN3O4.C24H22FN5O4.C24H25FN4O4/c1-14-9-18(5-6-19(14)26)28-24(32)22-15(2)21(16(3)29(22)4)23(31)20(30)10-25(12-33-13-25)17-7-8-27-11-17;1-13-20(22(32)18(31)8-24(10-34-11-24)19-9-27-12-28-19)14(2)30(4)21(13)23(33)29-15-5-6-16(25)17(7-15)26-3;1-13-7-16(5-6-17(13)25)28-23(32)21-14(2)20(15(3)29(21)4)22(31)18(30)8-24(10-33-11-24)19-9-26-12-27-19/h5-9,11,27H,10,12-13H2,1-4H3,(H,28,32);5-7,9,12H,8,10-11H2,1-2,4H3,(H,27,28)(H,29,33);5-7,9,12H,8,10-11H2,1-4H3,(H,26,27)(H,28,32). The van der Waals surface area contributed by atoms with E-state index in [-0.39, 0.29) is 76.0 Å².